The molecule has 3 N–H and O–H groups in total. The maximum absolute atomic E-state index is 9.60. The summed E-state index contributed by atoms with van der Waals surface area (Å²) < 4.78 is 5.11. The maximum atomic E-state index is 9.60. The predicted molar refractivity (Wildman–Crippen MR) is 76.2 cm³/mol. The average Bonchev–Trinajstić information content (AvgIpc) is 2.42. The van der Waals surface area contributed by atoms with Gasteiger partial charge >= 0.3 is 0 Å². The quantitative estimate of drug-likeness (QED) is 0.763. The molecule has 0 radical (unpaired) electrons. The van der Waals surface area contributed by atoms with Gasteiger partial charge in [0.1, 0.15) is 0 Å². The summed E-state index contributed by atoms with van der Waals surface area (Å²) in [6, 6.07) is 5.19. The molecule has 0 unspecified atom stereocenters. The first-order valence-electron chi connectivity index (χ1n) is 6.18. The molecule has 1 aromatic carbocycles. The largest absolute Gasteiger partial charge is 0.504 e. The smallest absolute Gasteiger partial charge is 0.160 e. The first-order valence-corrected chi connectivity index (χ1v) is 6.18. The summed E-state index contributed by atoms with van der Waals surface area (Å²) in [6.45, 7) is 3.76. The number of halogens is 1. The van der Waals surface area contributed by atoms with Crippen LogP contribution in [0.2, 0.25) is 0 Å². The van der Waals surface area contributed by atoms with Crippen LogP contribution in [-0.2, 0) is 0 Å². The van der Waals surface area contributed by atoms with Gasteiger partial charge in [-0.2, -0.15) is 0 Å². The Morgan fingerprint density at radius 3 is 2.63 bits per heavy atom. The van der Waals surface area contributed by atoms with Gasteiger partial charge < -0.3 is 20.3 Å². The SMILES string of the molecule is COc1cc([C@H](CO)N2CCNCC2)ccc1O.Cl. The molecule has 6 heteroatoms. The highest BCUT2D eigenvalue weighted by molar-refractivity contribution is 5.85. The highest BCUT2D eigenvalue weighted by Gasteiger charge is 2.22. The van der Waals surface area contributed by atoms with E-state index in [9.17, 15) is 10.2 Å². The molecule has 0 aliphatic carbocycles. The van der Waals surface area contributed by atoms with Gasteiger partial charge in [-0.3, -0.25) is 4.90 Å². The second-order valence-electron chi connectivity index (χ2n) is 4.42. The van der Waals surface area contributed by atoms with Gasteiger partial charge in [0.05, 0.1) is 19.8 Å². The Bertz CT molecular complexity index is 397. The van der Waals surface area contributed by atoms with E-state index in [-0.39, 0.29) is 30.8 Å². The van der Waals surface area contributed by atoms with Gasteiger partial charge in [-0.15, -0.1) is 12.4 Å². The van der Waals surface area contributed by atoms with Crippen LogP contribution in [0.4, 0.5) is 0 Å². The minimum absolute atomic E-state index is 0. The number of rotatable bonds is 4. The number of hydrogen-bond acceptors (Lipinski definition) is 5. The Balaban J connectivity index is 0.00000180. The van der Waals surface area contributed by atoms with Crippen molar-refractivity contribution in [1.82, 2.24) is 10.2 Å². The molecule has 0 amide bonds. The summed E-state index contributed by atoms with van der Waals surface area (Å²) in [5, 5.41) is 22.5. The number of methoxy groups -OCH3 is 1. The van der Waals surface area contributed by atoms with Crippen LogP contribution in [0.25, 0.3) is 0 Å². The molecule has 0 saturated carbocycles. The van der Waals surface area contributed by atoms with Gasteiger partial charge in [-0.1, -0.05) is 6.07 Å². The number of aliphatic hydroxyl groups is 1. The molecule has 108 valence electrons. The molecule has 1 aliphatic heterocycles. The molecule has 1 atom stereocenters. The lowest BCUT2D eigenvalue weighted by atomic mass is 10.0. The molecule has 1 aromatic rings. The Morgan fingerprint density at radius 2 is 2.05 bits per heavy atom. The number of piperazine rings is 1. The van der Waals surface area contributed by atoms with Gasteiger partial charge in [0.15, 0.2) is 11.5 Å². The molecule has 19 heavy (non-hydrogen) atoms. The number of aliphatic hydroxyl groups excluding tert-OH is 1. The van der Waals surface area contributed by atoms with Crippen LogP contribution in [0.3, 0.4) is 0 Å². The minimum atomic E-state index is -0.0402. The van der Waals surface area contributed by atoms with Crippen LogP contribution >= 0.6 is 12.4 Å². The highest BCUT2D eigenvalue weighted by Crippen LogP contribution is 2.31. The van der Waals surface area contributed by atoms with E-state index in [0.717, 1.165) is 31.7 Å². The summed E-state index contributed by atoms with van der Waals surface area (Å²) in [4.78, 5) is 2.24. The first kappa shape index (κ1) is 16.0. The molecule has 0 spiro atoms. The van der Waals surface area contributed by atoms with E-state index in [4.69, 9.17) is 4.74 Å². The summed E-state index contributed by atoms with van der Waals surface area (Å²) >= 11 is 0. The number of nitrogens with one attached hydrogen (secondary N) is 1. The van der Waals surface area contributed by atoms with Gasteiger partial charge in [0.2, 0.25) is 0 Å². The fourth-order valence-corrected chi connectivity index (χ4v) is 2.33. The van der Waals surface area contributed by atoms with Crippen LogP contribution in [0.1, 0.15) is 11.6 Å². The normalized spacial score (nSPS) is 17.6. The van der Waals surface area contributed by atoms with Crippen LogP contribution in [-0.4, -0.2) is 55.0 Å². The molecule has 2 rings (SSSR count). The second kappa shape index (κ2) is 7.55. The minimum Gasteiger partial charge on any atom is -0.504 e. The van der Waals surface area contributed by atoms with Crippen LogP contribution in [0.15, 0.2) is 18.2 Å². The highest BCUT2D eigenvalue weighted by atomic mass is 35.5. The van der Waals surface area contributed by atoms with E-state index in [1.54, 1.807) is 12.1 Å². The fourth-order valence-electron chi connectivity index (χ4n) is 2.33. The Kier molecular flexibility index (Phi) is 6.37. The molecule has 0 aromatic heterocycles. The first-order chi connectivity index (χ1) is 8.76. The molecular formula is C13H21ClN2O3. The topological polar surface area (TPSA) is 65.0 Å². The standard InChI is InChI=1S/C13H20N2O3.ClH/c1-18-13-8-10(2-3-12(13)17)11(9-16)15-6-4-14-5-7-15;/h2-3,8,11,14,16-17H,4-7,9H2,1H3;1H/t11-;/m0./s1. The van der Waals surface area contributed by atoms with Crippen molar-refractivity contribution in [2.45, 2.75) is 6.04 Å². The van der Waals surface area contributed by atoms with E-state index >= 15 is 0 Å². The third-order valence-electron chi connectivity index (χ3n) is 3.35. The third kappa shape index (κ3) is 3.73. The molecule has 0 bridgehead atoms. The summed E-state index contributed by atoms with van der Waals surface area (Å²) in [5.74, 6) is 0.569. The van der Waals surface area contributed by atoms with E-state index < -0.39 is 0 Å². The molecular weight excluding hydrogens is 268 g/mol. The van der Waals surface area contributed by atoms with E-state index in [1.165, 1.54) is 7.11 Å². The number of ether oxygens (including phenoxy) is 1. The van der Waals surface area contributed by atoms with E-state index in [1.807, 2.05) is 6.07 Å². The van der Waals surface area contributed by atoms with Gasteiger partial charge in [-0.05, 0) is 17.7 Å². The van der Waals surface area contributed by atoms with Crippen molar-refractivity contribution in [2.75, 3.05) is 39.9 Å². The molecule has 1 heterocycles. The van der Waals surface area contributed by atoms with Crippen molar-refractivity contribution in [3.63, 3.8) is 0 Å². The Morgan fingerprint density at radius 1 is 1.37 bits per heavy atom. The second-order valence-corrected chi connectivity index (χ2v) is 4.42. The molecule has 1 saturated heterocycles. The van der Waals surface area contributed by atoms with Crippen molar-refractivity contribution in [1.29, 1.82) is 0 Å². The number of aromatic hydroxyl groups is 1. The average molecular weight is 289 g/mol. The van der Waals surface area contributed by atoms with Crippen LogP contribution < -0.4 is 10.1 Å². The molecule has 1 aliphatic rings. The van der Waals surface area contributed by atoms with Crippen LogP contribution in [0.5, 0.6) is 11.5 Å². The fraction of sp³-hybridized carbons (Fsp3) is 0.538. The van der Waals surface area contributed by atoms with Gasteiger partial charge in [0.25, 0.3) is 0 Å². The van der Waals surface area contributed by atoms with Gasteiger partial charge in [-0.25, -0.2) is 0 Å². The van der Waals surface area contributed by atoms with Crippen molar-refractivity contribution >= 4 is 12.4 Å². The Labute approximate surface area is 119 Å². The zero-order chi connectivity index (χ0) is 13.0. The van der Waals surface area contributed by atoms with Gasteiger partial charge in [0, 0.05) is 26.2 Å². The third-order valence-corrected chi connectivity index (χ3v) is 3.35. The maximum Gasteiger partial charge on any atom is 0.160 e. The summed E-state index contributed by atoms with van der Waals surface area (Å²) in [5.41, 5.74) is 0.967. The zero-order valence-electron chi connectivity index (χ0n) is 11.0. The lowest BCUT2D eigenvalue weighted by molar-refractivity contribution is 0.110. The van der Waals surface area contributed by atoms with E-state index in [0.29, 0.717) is 5.75 Å². The summed E-state index contributed by atoms with van der Waals surface area (Å²) in [7, 11) is 1.53. The lowest BCUT2D eigenvalue weighted by Gasteiger charge is -2.34. The summed E-state index contributed by atoms with van der Waals surface area (Å²) in [6.07, 6.45) is 0. The van der Waals surface area contributed by atoms with Crippen molar-refractivity contribution in [3.05, 3.63) is 23.8 Å². The van der Waals surface area contributed by atoms with Crippen molar-refractivity contribution in [3.8, 4) is 11.5 Å². The van der Waals surface area contributed by atoms with Crippen molar-refractivity contribution in [2.24, 2.45) is 0 Å². The van der Waals surface area contributed by atoms with Crippen LogP contribution in [0, 0.1) is 0 Å². The number of phenolic OH excluding ortho intramolecular Hbond substituents is 1. The lowest BCUT2D eigenvalue weighted by Crippen LogP contribution is -2.46. The van der Waals surface area contributed by atoms with E-state index in [2.05, 4.69) is 10.2 Å². The number of hydrogen-bond donors (Lipinski definition) is 3. The monoisotopic (exact) mass is 288 g/mol. The number of phenols is 1. The van der Waals surface area contributed by atoms with Crippen molar-refractivity contribution < 1.29 is 14.9 Å². The Hall–Kier alpha value is -1.01. The molecule has 1 fully saturated rings. The number of benzene rings is 1. The predicted octanol–water partition coefficient (Wildman–Crippen LogP) is 0.761. The number of nitrogens with zero attached hydrogens (tertiary/aromatic N) is 1. The molecule has 5 nitrogen and oxygen atoms in total. The zero-order valence-corrected chi connectivity index (χ0v) is 11.8.